The number of hydrogen-bond donors (Lipinski definition) is 2. The highest BCUT2D eigenvalue weighted by Crippen LogP contribution is 2.22. The highest BCUT2D eigenvalue weighted by Gasteiger charge is 2.07. The minimum absolute atomic E-state index is 0.503. The number of fused-ring (bicyclic) bond motifs is 1. The molecule has 0 unspecified atom stereocenters. The van der Waals surface area contributed by atoms with Crippen LogP contribution in [0.15, 0.2) is 28.1 Å². The van der Waals surface area contributed by atoms with Gasteiger partial charge in [-0.15, -0.1) is 11.3 Å². The number of hydrogen-bond acceptors (Lipinski definition) is 6. The molecule has 0 saturated carbocycles. The standard InChI is InChI=1S/C12H12N4OS/c1-7-11(18-6-15-7)5-14-12-16-9-4-8(13)2-3-10(9)17-12/h2-4,6H,5,13H2,1H3,(H,14,16). The van der Waals surface area contributed by atoms with Gasteiger partial charge in [0.25, 0.3) is 6.01 Å². The molecule has 3 aromatic rings. The Bertz CT molecular complexity index is 688. The number of anilines is 2. The molecule has 18 heavy (non-hydrogen) atoms. The van der Waals surface area contributed by atoms with E-state index in [-0.39, 0.29) is 0 Å². The summed E-state index contributed by atoms with van der Waals surface area (Å²) in [5, 5.41) is 3.15. The molecule has 0 radical (unpaired) electrons. The molecule has 0 spiro atoms. The van der Waals surface area contributed by atoms with Crippen LogP contribution in [0, 0.1) is 6.92 Å². The Balaban J connectivity index is 1.81. The Morgan fingerprint density at radius 2 is 2.33 bits per heavy atom. The second kappa shape index (κ2) is 4.30. The van der Waals surface area contributed by atoms with E-state index < -0.39 is 0 Å². The predicted octanol–water partition coefficient (Wildman–Crippen LogP) is 2.79. The van der Waals surface area contributed by atoms with Crippen molar-refractivity contribution in [2.45, 2.75) is 13.5 Å². The van der Waals surface area contributed by atoms with E-state index in [4.69, 9.17) is 10.2 Å². The Labute approximate surface area is 108 Å². The van der Waals surface area contributed by atoms with Crippen LogP contribution >= 0.6 is 11.3 Å². The first-order valence-corrected chi connectivity index (χ1v) is 6.39. The number of aryl methyl sites for hydroxylation is 1. The predicted molar refractivity (Wildman–Crippen MR) is 72.6 cm³/mol. The molecular weight excluding hydrogens is 248 g/mol. The summed E-state index contributed by atoms with van der Waals surface area (Å²) in [5.74, 6) is 0. The van der Waals surface area contributed by atoms with Crippen molar-refractivity contribution in [1.29, 1.82) is 0 Å². The third kappa shape index (κ3) is 2.02. The quantitative estimate of drug-likeness (QED) is 0.708. The Hall–Kier alpha value is -2.08. The average Bonchev–Trinajstić information content (AvgIpc) is 2.92. The summed E-state index contributed by atoms with van der Waals surface area (Å²) in [5.41, 5.74) is 10.7. The first-order chi connectivity index (χ1) is 8.72. The second-order valence-corrected chi connectivity index (χ2v) is 4.90. The SMILES string of the molecule is Cc1ncsc1CNc1nc2cc(N)ccc2o1. The molecule has 0 saturated heterocycles. The summed E-state index contributed by atoms with van der Waals surface area (Å²) >= 11 is 1.62. The van der Waals surface area contributed by atoms with Crippen molar-refractivity contribution in [2.24, 2.45) is 0 Å². The van der Waals surface area contributed by atoms with E-state index in [9.17, 15) is 0 Å². The van der Waals surface area contributed by atoms with Crippen LogP contribution in [0.25, 0.3) is 11.1 Å². The Morgan fingerprint density at radius 3 is 3.11 bits per heavy atom. The molecule has 3 N–H and O–H groups in total. The molecule has 0 aliphatic carbocycles. The molecular formula is C12H12N4OS. The zero-order chi connectivity index (χ0) is 12.5. The number of nitrogen functional groups attached to an aromatic ring is 1. The number of nitrogens with one attached hydrogen (secondary N) is 1. The van der Waals surface area contributed by atoms with Gasteiger partial charge in [-0.25, -0.2) is 4.98 Å². The number of benzene rings is 1. The van der Waals surface area contributed by atoms with Gasteiger partial charge in [-0.1, -0.05) is 0 Å². The lowest BCUT2D eigenvalue weighted by molar-refractivity contribution is 0.615. The smallest absolute Gasteiger partial charge is 0.295 e. The molecule has 0 aliphatic rings. The van der Waals surface area contributed by atoms with Crippen molar-refractivity contribution < 1.29 is 4.42 Å². The second-order valence-electron chi connectivity index (χ2n) is 3.96. The minimum atomic E-state index is 0.503. The zero-order valence-electron chi connectivity index (χ0n) is 9.80. The molecule has 0 bridgehead atoms. The molecule has 92 valence electrons. The number of rotatable bonds is 3. The summed E-state index contributed by atoms with van der Waals surface area (Å²) in [6.45, 7) is 2.65. The summed E-state index contributed by atoms with van der Waals surface area (Å²) in [6, 6.07) is 5.91. The van der Waals surface area contributed by atoms with Crippen LogP contribution in [-0.2, 0) is 6.54 Å². The van der Waals surface area contributed by atoms with Gasteiger partial charge in [0.05, 0.1) is 17.7 Å². The zero-order valence-corrected chi connectivity index (χ0v) is 10.6. The molecule has 0 aliphatic heterocycles. The number of nitrogens with zero attached hydrogens (tertiary/aromatic N) is 2. The number of nitrogens with two attached hydrogens (primary N) is 1. The highest BCUT2D eigenvalue weighted by atomic mass is 32.1. The largest absolute Gasteiger partial charge is 0.424 e. The van der Waals surface area contributed by atoms with E-state index >= 15 is 0 Å². The number of oxazole rings is 1. The minimum Gasteiger partial charge on any atom is -0.424 e. The van der Waals surface area contributed by atoms with Gasteiger partial charge in [-0.3, -0.25) is 0 Å². The lowest BCUT2D eigenvalue weighted by Crippen LogP contribution is -1.98. The van der Waals surface area contributed by atoms with E-state index in [0.717, 1.165) is 16.8 Å². The molecule has 5 nitrogen and oxygen atoms in total. The van der Waals surface area contributed by atoms with E-state index in [0.29, 0.717) is 18.2 Å². The van der Waals surface area contributed by atoms with Crippen LogP contribution in [0.2, 0.25) is 0 Å². The maximum Gasteiger partial charge on any atom is 0.295 e. The summed E-state index contributed by atoms with van der Waals surface area (Å²) in [4.78, 5) is 9.70. The maximum atomic E-state index is 5.70. The molecule has 0 atom stereocenters. The van der Waals surface area contributed by atoms with Gasteiger partial charge < -0.3 is 15.5 Å². The van der Waals surface area contributed by atoms with Crippen LogP contribution in [0.3, 0.4) is 0 Å². The fourth-order valence-corrected chi connectivity index (χ4v) is 2.39. The van der Waals surface area contributed by atoms with Crippen molar-refractivity contribution in [3.05, 3.63) is 34.3 Å². The van der Waals surface area contributed by atoms with Gasteiger partial charge in [0.1, 0.15) is 5.52 Å². The third-order valence-corrected chi connectivity index (χ3v) is 3.59. The van der Waals surface area contributed by atoms with Crippen LogP contribution in [-0.4, -0.2) is 9.97 Å². The van der Waals surface area contributed by atoms with E-state index in [2.05, 4.69) is 15.3 Å². The van der Waals surface area contributed by atoms with Gasteiger partial charge in [0.2, 0.25) is 0 Å². The van der Waals surface area contributed by atoms with Gasteiger partial charge in [0.15, 0.2) is 5.58 Å². The van der Waals surface area contributed by atoms with E-state index in [1.54, 1.807) is 23.5 Å². The molecule has 0 fully saturated rings. The van der Waals surface area contributed by atoms with Crippen LogP contribution < -0.4 is 11.1 Å². The molecule has 6 heteroatoms. The maximum absolute atomic E-state index is 5.70. The topological polar surface area (TPSA) is 77.0 Å². The van der Waals surface area contributed by atoms with Crippen LogP contribution in [0.5, 0.6) is 0 Å². The highest BCUT2D eigenvalue weighted by molar-refractivity contribution is 7.09. The van der Waals surface area contributed by atoms with Crippen molar-refractivity contribution in [1.82, 2.24) is 9.97 Å². The lowest BCUT2D eigenvalue weighted by Gasteiger charge is -1.98. The first-order valence-electron chi connectivity index (χ1n) is 5.51. The van der Waals surface area contributed by atoms with Gasteiger partial charge in [-0.2, -0.15) is 4.98 Å². The summed E-state index contributed by atoms with van der Waals surface area (Å²) in [7, 11) is 0. The fourth-order valence-electron chi connectivity index (χ4n) is 1.67. The lowest BCUT2D eigenvalue weighted by atomic mass is 10.3. The monoisotopic (exact) mass is 260 g/mol. The molecule has 2 aromatic heterocycles. The summed E-state index contributed by atoms with van der Waals surface area (Å²) in [6.07, 6.45) is 0. The average molecular weight is 260 g/mol. The Kier molecular flexibility index (Phi) is 2.64. The molecule has 2 heterocycles. The third-order valence-electron chi connectivity index (χ3n) is 2.66. The number of aromatic nitrogens is 2. The van der Waals surface area contributed by atoms with Gasteiger partial charge in [-0.05, 0) is 25.1 Å². The van der Waals surface area contributed by atoms with Gasteiger partial charge >= 0.3 is 0 Å². The van der Waals surface area contributed by atoms with E-state index in [1.165, 1.54) is 4.88 Å². The first kappa shape index (κ1) is 11.0. The van der Waals surface area contributed by atoms with Gasteiger partial charge in [0, 0.05) is 10.6 Å². The van der Waals surface area contributed by atoms with Crippen LogP contribution in [0.4, 0.5) is 11.7 Å². The van der Waals surface area contributed by atoms with Crippen molar-refractivity contribution in [3.8, 4) is 0 Å². The molecule has 3 rings (SSSR count). The van der Waals surface area contributed by atoms with Crippen molar-refractivity contribution in [2.75, 3.05) is 11.1 Å². The van der Waals surface area contributed by atoms with E-state index in [1.807, 2.05) is 18.5 Å². The molecule has 0 amide bonds. The Morgan fingerprint density at radius 1 is 1.44 bits per heavy atom. The molecule has 1 aromatic carbocycles. The van der Waals surface area contributed by atoms with Crippen LogP contribution in [0.1, 0.15) is 10.6 Å². The van der Waals surface area contributed by atoms with Crippen molar-refractivity contribution in [3.63, 3.8) is 0 Å². The fraction of sp³-hybridized carbons (Fsp3) is 0.167. The number of thiazole rings is 1. The normalized spacial score (nSPS) is 10.9. The summed E-state index contributed by atoms with van der Waals surface area (Å²) < 4.78 is 5.57. The van der Waals surface area contributed by atoms with Crippen molar-refractivity contribution >= 4 is 34.1 Å².